The van der Waals surface area contributed by atoms with Gasteiger partial charge in [0.25, 0.3) is 5.95 Å². The lowest BCUT2D eigenvalue weighted by Gasteiger charge is -2.02. The molecule has 3 rings (SSSR count). The van der Waals surface area contributed by atoms with Gasteiger partial charge in [-0.2, -0.15) is 24.7 Å². The van der Waals surface area contributed by atoms with Gasteiger partial charge >= 0.3 is 0 Å². The van der Waals surface area contributed by atoms with E-state index >= 15 is 0 Å². The van der Waals surface area contributed by atoms with Gasteiger partial charge in [-0.05, 0) is 35.9 Å². The molecule has 0 aliphatic heterocycles. The Morgan fingerprint density at radius 3 is 2.60 bits per heavy atom. The molecule has 3 aromatic rings. The second kappa shape index (κ2) is 5.47. The van der Waals surface area contributed by atoms with Crippen molar-refractivity contribution in [1.29, 1.82) is 0 Å². The predicted octanol–water partition coefficient (Wildman–Crippen LogP) is 1.36. The molecular formula is C10H7ClN8S. The first-order valence-corrected chi connectivity index (χ1v) is 6.63. The maximum Gasteiger partial charge on any atom is 0.257 e. The molecule has 0 fully saturated rings. The third-order valence-electron chi connectivity index (χ3n) is 2.14. The Labute approximate surface area is 122 Å². The summed E-state index contributed by atoms with van der Waals surface area (Å²) in [5.41, 5.74) is 0.978. The van der Waals surface area contributed by atoms with E-state index in [0.29, 0.717) is 10.3 Å². The maximum absolute atomic E-state index is 5.88. The third-order valence-corrected chi connectivity index (χ3v) is 3.07. The van der Waals surface area contributed by atoms with E-state index in [0.717, 1.165) is 5.56 Å². The highest BCUT2D eigenvalue weighted by Gasteiger charge is 2.10. The molecule has 0 radical (unpaired) electrons. The van der Waals surface area contributed by atoms with E-state index < -0.39 is 0 Å². The number of hydrogen-bond acceptors (Lipinski definition) is 8. The van der Waals surface area contributed by atoms with Crippen molar-refractivity contribution in [3.63, 3.8) is 0 Å². The van der Waals surface area contributed by atoms with Crippen LogP contribution >= 0.6 is 23.4 Å². The second-order valence-corrected chi connectivity index (χ2v) is 4.94. The van der Waals surface area contributed by atoms with Gasteiger partial charge in [-0.15, -0.1) is 0 Å². The molecule has 0 aliphatic carbocycles. The lowest BCUT2D eigenvalue weighted by Crippen LogP contribution is -2.04. The Bertz CT molecular complexity index is 715. The van der Waals surface area contributed by atoms with Crippen molar-refractivity contribution in [3.8, 4) is 5.95 Å². The molecule has 0 saturated carbocycles. The Morgan fingerprint density at radius 2 is 1.90 bits per heavy atom. The molecule has 0 unspecified atom stereocenters. The highest BCUT2D eigenvalue weighted by molar-refractivity contribution is 7.99. The van der Waals surface area contributed by atoms with Crippen LogP contribution in [-0.2, 0) is 0 Å². The van der Waals surface area contributed by atoms with E-state index in [9.17, 15) is 0 Å². The number of hydrogen-bond donors (Lipinski definition) is 0. The van der Waals surface area contributed by atoms with Crippen LogP contribution in [-0.4, -0.2) is 39.7 Å². The molecule has 0 atom stereocenters. The van der Waals surface area contributed by atoms with Crippen molar-refractivity contribution in [3.05, 3.63) is 35.9 Å². The summed E-state index contributed by atoms with van der Waals surface area (Å²) in [6.07, 6.45) is 6.29. The quantitative estimate of drug-likeness (QED) is 0.669. The minimum Gasteiger partial charge on any atom is -0.230 e. The molecule has 0 spiro atoms. The van der Waals surface area contributed by atoms with E-state index in [-0.39, 0.29) is 11.2 Å². The van der Waals surface area contributed by atoms with Crippen LogP contribution in [0.5, 0.6) is 0 Å². The smallest absolute Gasteiger partial charge is 0.230 e. The van der Waals surface area contributed by atoms with Crippen molar-refractivity contribution < 1.29 is 0 Å². The van der Waals surface area contributed by atoms with Crippen LogP contribution in [0.4, 0.5) is 0 Å². The number of aryl methyl sites for hydroxylation is 1. The van der Waals surface area contributed by atoms with Crippen LogP contribution in [0, 0.1) is 6.92 Å². The normalized spacial score (nSPS) is 10.7. The fourth-order valence-corrected chi connectivity index (χ4v) is 2.14. The molecule has 0 saturated heterocycles. The molecule has 20 heavy (non-hydrogen) atoms. The highest BCUT2D eigenvalue weighted by Crippen LogP contribution is 2.21. The van der Waals surface area contributed by atoms with E-state index in [1.165, 1.54) is 29.1 Å². The standard InChI is InChI=1S/C10H7ClN8S/c1-6-2-13-9(14-3-6)20-10-17-7(11)16-8(18-10)19-5-12-4-15-19/h2-5H,1H3. The summed E-state index contributed by atoms with van der Waals surface area (Å²) in [5.74, 6) is 0.289. The molecule has 0 aliphatic rings. The van der Waals surface area contributed by atoms with E-state index in [1.54, 1.807) is 12.4 Å². The molecular weight excluding hydrogens is 300 g/mol. The summed E-state index contributed by atoms with van der Waals surface area (Å²) in [5, 5.41) is 4.93. The van der Waals surface area contributed by atoms with Gasteiger partial charge in [0, 0.05) is 12.4 Å². The number of rotatable bonds is 3. The Balaban J connectivity index is 1.92. The van der Waals surface area contributed by atoms with Crippen molar-refractivity contribution in [2.75, 3.05) is 0 Å². The lowest BCUT2D eigenvalue weighted by atomic mass is 10.4. The highest BCUT2D eigenvalue weighted by atomic mass is 35.5. The maximum atomic E-state index is 5.88. The average Bonchev–Trinajstić information content (AvgIpc) is 2.95. The van der Waals surface area contributed by atoms with Gasteiger partial charge in [0.1, 0.15) is 12.7 Å². The zero-order valence-electron chi connectivity index (χ0n) is 10.2. The lowest BCUT2D eigenvalue weighted by molar-refractivity contribution is 0.756. The van der Waals surface area contributed by atoms with Gasteiger partial charge < -0.3 is 0 Å². The third kappa shape index (κ3) is 2.89. The van der Waals surface area contributed by atoms with Gasteiger partial charge in [0.2, 0.25) is 10.4 Å². The largest absolute Gasteiger partial charge is 0.257 e. The SMILES string of the molecule is Cc1cnc(Sc2nc(Cl)nc(-n3cncn3)n2)nc1. The summed E-state index contributed by atoms with van der Waals surface area (Å²) in [6, 6.07) is 0. The van der Waals surface area contributed by atoms with E-state index in [2.05, 4.69) is 35.0 Å². The first kappa shape index (κ1) is 12.9. The van der Waals surface area contributed by atoms with Gasteiger partial charge in [-0.25, -0.2) is 15.0 Å². The Kier molecular flexibility index (Phi) is 3.52. The summed E-state index contributed by atoms with van der Waals surface area (Å²) in [7, 11) is 0. The Morgan fingerprint density at radius 1 is 1.10 bits per heavy atom. The molecule has 0 bridgehead atoms. The monoisotopic (exact) mass is 306 g/mol. The van der Waals surface area contributed by atoms with Gasteiger partial charge in [0.15, 0.2) is 5.16 Å². The number of nitrogens with zero attached hydrogens (tertiary/aromatic N) is 8. The predicted molar refractivity (Wildman–Crippen MR) is 70.6 cm³/mol. The van der Waals surface area contributed by atoms with Crippen LogP contribution in [0.2, 0.25) is 5.28 Å². The molecule has 0 N–H and O–H groups in total. The van der Waals surface area contributed by atoms with Crippen LogP contribution in [0.3, 0.4) is 0 Å². The molecule has 3 aromatic heterocycles. The molecule has 8 nitrogen and oxygen atoms in total. The van der Waals surface area contributed by atoms with Crippen molar-refractivity contribution >= 4 is 23.4 Å². The van der Waals surface area contributed by atoms with E-state index in [1.807, 2.05) is 6.92 Å². The van der Waals surface area contributed by atoms with Gasteiger partial charge in [0.05, 0.1) is 0 Å². The molecule has 100 valence electrons. The van der Waals surface area contributed by atoms with Gasteiger partial charge in [-0.1, -0.05) is 0 Å². The summed E-state index contributed by atoms with van der Waals surface area (Å²) in [6.45, 7) is 1.91. The van der Waals surface area contributed by atoms with Crippen LogP contribution < -0.4 is 0 Å². The van der Waals surface area contributed by atoms with Crippen LogP contribution in [0.25, 0.3) is 5.95 Å². The first-order valence-electron chi connectivity index (χ1n) is 5.44. The summed E-state index contributed by atoms with van der Waals surface area (Å²) in [4.78, 5) is 24.4. The van der Waals surface area contributed by atoms with E-state index in [4.69, 9.17) is 11.6 Å². The molecule has 0 aromatic carbocycles. The van der Waals surface area contributed by atoms with Crippen molar-refractivity contribution in [2.24, 2.45) is 0 Å². The minimum atomic E-state index is 0.0695. The number of aromatic nitrogens is 8. The Hall–Kier alpha value is -2.13. The zero-order chi connectivity index (χ0) is 13.9. The van der Waals surface area contributed by atoms with Crippen LogP contribution in [0.1, 0.15) is 5.56 Å². The summed E-state index contributed by atoms with van der Waals surface area (Å²) < 4.78 is 1.40. The van der Waals surface area contributed by atoms with Crippen LogP contribution in [0.15, 0.2) is 35.4 Å². The zero-order valence-corrected chi connectivity index (χ0v) is 11.7. The number of halogens is 1. The fraction of sp³-hybridized carbons (Fsp3) is 0.100. The second-order valence-electron chi connectivity index (χ2n) is 3.67. The average molecular weight is 307 g/mol. The van der Waals surface area contributed by atoms with Crippen molar-refractivity contribution in [2.45, 2.75) is 17.2 Å². The first-order chi connectivity index (χ1) is 9.70. The molecule has 10 heteroatoms. The summed E-state index contributed by atoms with van der Waals surface area (Å²) >= 11 is 7.07. The van der Waals surface area contributed by atoms with Gasteiger partial charge in [-0.3, -0.25) is 0 Å². The molecule has 0 amide bonds. The fourth-order valence-electron chi connectivity index (χ4n) is 1.30. The topological polar surface area (TPSA) is 95.2 Å². The molecule has 3 heterocycles. The minimum absolute atomic E-state index is 0.0695. The van der Waals surface area contributed by atoms with Crippen molar-refractivity contribution in [1.82, 2.24) is 39.7 Å².